The molecule has 172 valence electrons. The third-order valence-corrected chi connectivity index (χ3v) is 6.41. The molecule has 0 radical (unpaired) electrons. The first-order valence-electron chi connectivity index (χ1n) is 11.3. The molecule has 3 aromatic rings. The second kappa shape index (κ2) is 8.55. The summed E-state index contributed by atoms with van der Waals surface area (Å²) in [7, 11) is 2.01. The highest BCUT2D eigenvalue weighted by Gasteiger charge is 2.33. The maximum atomic E-state index is 13.0. The molecule has 9 heteroatoms. The van der Waals surface area contributed by atoms with Crippen LogP contribution in [0.4, 0.5) is 5.82 Å². The predicted octanol–water partition coefficient (Wildman–Crippen LogP) is 2.50. The molecular formula is C24H29N7O2. The third kappa shape index (κ3) is 4.45. The van der Waals surface area contributed by atoms with Gasteiger partial charge in [0.25, 0.3) is 0 Å². The molecule has 2 aliphatic rings. The number of benzene rings is 1. The summed E-state index contributed by atoms with van der Waals surface area (Å²) in [6.07, 6.45) is 8.42. The van der Waals surface area contributed by atoms with E-state index in [1.807, 2.05) is 19.2 Å². The van der Waals surface area contributed by atoms with Gasteiger partial charge in [-0.3, -0.25) is 14.7 Å². The van der Waals surface area contributed by atoms with E-state index >= 15 is 0 Å². The van der Waals surface area contributed by atoms with Crippen molar-refractivity contribution in [3.05, 3.63) is 37.1 Å². The van der Waals surface area contributed by atoms with Gasteiger partial charge in [-0.2, -0.15) is 0 Å². The van der Waals surface area contributed by atoms with Crippen molar-refractivity contribution in [2.75, 3.05) is 32.1 Å². The van der Waals surface area contributed by atoms with E-state index in [2.05, 4.69) is 44.3 Å². The minimum Gasteiger partial charge on any atom is -0.490 e. The summed E-state index contributed by atoms with van der Waals surface area (Å²) in [5.41, 5.74) is 2.88. The van der Waals surface area contributed by atoms with E-state index in [0.717, 1.165) is 29.6 Å². The fourth-order valence-electron chi connectivity index (χ4n) is 4.43. The molecule has 4 bridgehead atoms. The first-order valence-corrected chi connectivity index (χ1v) is 11.3. The van der Waals surface area contributed by atoms with Crippen molar-refractivity contribution < 1.29 is 9.53 Å². The first kappa shape index (κ1) is 21.5. The molecule has 1 aromatic carbocycles. The summed E-state index contributed by atoms with van der Waals surface area (Å²) in [6, 6.07) is 3.87. The Bertz CT molecular complexity index is 1170. The second-order valence-corrected chi connectivity index (χ2v) is 9.73. The Morgan fingerprint density at radius 3 is 2.82 bits per heavy atom. The first-order chi connectivity index (χ1) is 15.9. The third-order valence-electron chi connectivity index (χ3n) is 6.41. The van der Waals surface area contributed by atoms with Crippen LogP contribution in [0.15, 0.2) is 37.1 Å². The van der Waals surface area contributed by atoms with Crippen LogP contribution in [0.25, 0.3) is 22.2 Å². The number of aromatic nitrogens is 4. The lowest BCUT2D eigenvalue weighted by Crippen LogP contribution is -2.53. The fourth-order valence-corrected chi connectivity index (χ4v) is 4.43. The SMILES string of the molecule is CN1CC[C@H]2C[C@H]1C(=O)NCC(C)(C)COc1c(-c3cncnc3)ccc3ncc(nc13)N2. The lowest BCUT2D eigenvalue weighted by atomic mass is 9.93. The van der Waals surface area contributed by atoms with Gasteiger partial charge in [-0.1, -0.05) is 13.8 Å². The van der Waals surface area contributed by atoms with Crippen LogP contribution >= 0.6 is 0 Å². The van der Waals surface area contributed by atoms with E-state index in [4.69, 9.17) is 9.72 Å². The quantitative estimate of drug-likeness (QED) is 0.586. The van der Waals surface area contributed by atoms with Crippen molar-refractivity contribution in [2.24, 2.45) is 5.41 Å². The number of carbonyl (C=O) groups is 1. The van der Waals surface area contributed by atoms with Crippen LogP contribution in [0.3, 0.4) is 0 Å². The van der Waals surface area contributed by atoms with Gasteiger partial charge >= 0.3 is 0 Å². The molecule has 2 atom stereocenters. The van der Waals surface area contributed by atoms with Crippen LogP contribution in [0.2, 0.25) is 0 Å². The predicted molar refractivity (Wildman–Crippen MR) is 126 cm³/mol. The number of rotatable bonds is 1. The molecule has 2 N–H and O–H groups in total. The second-order valence-electron chi connectivity index (χ2n) is 9.73. The van der Waals surface area contributed by atoms with Crippen LogP contribution in [0.5, 0.6) is 5.75 Å². The number of fused-ring (bicyclic) bond motifs is 3. The number of carbonyl (C=O) groups excluding carboxylic acids is 1. The van der Waals surface area contributed by atoms with Crippen molar-refractivity contribution >= 4 is 22.8 Å². The van der Waals surface area contributed by atoms with Crippen molar-refractivity contribution in [2.45, 2.75) is 38.8 Å². The Morgan fingerprint density at radius 2 is 2.00 bits per heavy atom. The summed E-state index contributed by atoms with van der Waals surface area (Å²) in [5.74, 6) is 1.38. The molecule has 1 amide bonds. The van der Waals surface area contributed by atoms with Crippen molar-refractivity contribution in [1.82, 2.24) is 30.2 Å². The number of anilines is 1. The molecule has 0 spiro atoms. The van der Waals surface area contributed by atoms with E-state index in [1.54, 1.807) is 18.6 Å². The Hall–Kier alpha value is -3.33. The number of nitrogens with zero attached hydrogens (tertiary/aromatic N) is 5. The number of amides is 1. The molecule has 1 fully saturated rings. The molecule has 5 rings (SSSR count). The Balaban J connectivity index is 1.61. The lowest BCUT2D eigenvalue weighted by Gasteiger charge is -2.37. The van der Waals surface area contributed by atoms with Crippen LogP contribution < -0.4 is 15.4 Å². The summed E-state index contributed by atoms with van der Waals surface area (Å²) >= 11 is 0. The van der Waals surface area contributed by atoms with Gasteiger partial charge in [0.2, 0.25) is 5.91 Å². The van der Waals surface area contributed by atoms with Crippen LogP contribution in [0, 0.1) is 5.41 Å². The zero-order valence-electron chi connectivity index (χ0n) is 19.2. The Labute approximate surface area is 193 Å². The number of likely N-dealkylation sites (tertiary alicyclic amines) is 1. The molecule has 0 aliphatic carbocycles. The molecule has 33 heavy (non-hydrogen) atoms. The van der Waals surface area contributed by atoms with Gasteiger partial charge in [0.05, 0.1) is 24.4 Å². The molecule has 0 saturated carbocycles. The summed E-state index contributed by atoms with van der Waals surface area (Å²) in [5, 5.41) is 6.66. The van der Waals surface area contributed by atoms with Crippen LogP contribution in [-0.2, 0) is 4.79 Å². The van der Waals surface area contributed by atoms with E-state index in [9.17, 15) is 4.79 Å². The van der Waals surface area contributed by atoms with Gasteiger partial charge in [-0.15, -0.1) is 0 Å². The van der Waals surface area contributed by atoms with E-state index in [-0.39, 0.29) is 23.4 Å². The maximum absolute atomic E-state index is 13.0. The molecule has 0 unspecified atom stereocenters. The standard InChI is InChI=1S/C24H29N7O2/c1-24(2)12-28-23(32)19-8-16(6-7-31(19)3)29-20-11-27-18-5-4-17(15-9-25-14-26-10-15)22(33-13-24)21(18)30-20/h4-5,9-11,14,16,19H,6-8,12-13H2,1-3H3,(H,28,32)(H,29,30)/t16-,19-/m0/s1. The van der Waals surface area contributed by atoms with Crippen molar-refractivity contribution in [3.8, 4) is 16.9 Å². The number of likely N-dealkylation sites (N-methyl/N-ethyl adjacent to an activating group) is 1. The summed E-state index contributed by atoms with van der Waals surface area (Å²) in [6.45, 7) is 5.92. The maximum Gasteiger partial charge on any atom is 0.237 e. The summed E-state index contributed by atoms with van der Waals surface area (Å²) in [4.78, 5) is 33.0. The largest absolute Gasteiger partial charge is 0.490 e. The van der Waals surface area contributed by atoms with Gasteiger partial charge in [0, 0.05) is 48.1 Å². The van der Waals surface area contributed by atoms with Crippen molar-refractivity contribution in [3.63, 3.8) is 0 Å². The highest BCUT2D eigenvalue weighted by Crippen LogP contribution is 2.36. The highest BCUT2D eigenvalue weighted by atomic mass is 16.5. The highest BCUT2D eigenvalue weighted by molar-refractivity contribution is 5.90. The minimum atomic E-state index is -0.289. The number of piperidine rings is 1. The monoisotopic (exact) mass is 447 g/mol. The van der Waals surface area contributed by atoms with Crippen LogP contribution in [-0.4, -0.2) is 69.6 Å². The number of hydrogen-bond donors (Lipinski definition) is 2. The Kier molecular flexibility index (Phi) is 5.57. The number of hydrogen-bond acceptors (Lipinski definition) is 8. The summed E-state index contributed by atoms with van der Waals surface area (Å²) < 4.78 is 6.42. The van der Waals surface area contributed by atoms with Gasteiger partial charge in [0.15, 0.2) is 5.75 Å². The van der Waals surface area contributed by atoms with Gasteiger partial charge in [-0.25, -0.2) is 15.0 Å². The number of nitrogens with one attached hydrogen (secondary N) is 2. The minimum absolute atomic E-state index is 0.0539. The van der Waals surface area contributed by atoms with E-state index < -0.39 is 0 Å². The van der Waals surface area contributed by atoms with Gasteiger partial charge in [0.1, 0.15) is 17.7 Å². The molecule has 2 aliphatic heterocycles. The molecule has 4 heterocycles. The van der Waals surface area contributed by atoms with Gasteiger partial charge in [-0.05, 0) is 32.0 Å². The average Bonchev–Trinajstić information content (AvgIpc) is 2.82. The number of ether oxygens (including phenoxy) is 1. The molecule has 2 aromatic heterocycles. The van der Waals surface area contributed by atoms with E-state index in [0.29, 0.717) is 36.7 Å². The Morgan fingerprint density at radius 1 is 1.18 bits per heavy atom. The average molecular weight is 448 g/mol. The zero-order chi connectivity index (χ0) is 23.0. The molecule has 9 nitrogen and oxygen atoms in total. The van der Waals surface area contributed by atoms with E-state index in [1.165, 1.54) is 6.33 Å². The van der Waals surface area contributed by atoms with Crippen LogP contribution in [0.1, 0.15) is 26.7 Å². The zero-order valence-corrected chi connectivity index (χ0v) is 19.2. The molecule has 1 saturated heterocycles. The lowest BCUT2D eigenvalue weighted by molar-refractivity contribution is -0.127. The van der Waals surface area contributed by atoms with Crippen molar-refractivity contribution in [1.29, 1.82) is 0 Å². The van der Waals surface area contributed by atoms with Gasteiger partial charge < -0.3 is 15.4 Å². The fraction of sp³-hybridized carbons (Fsp3) is 0.458. The normalized spacial score (nSPS) is 23.3. The topological polar surface area (TPSA) is 105 Å². The smallest absolute Gasteiger partial charge is 0.237 e. The molecular weight excluding hydrogens is 418 g/mol.